The van der Waals surface area contributed by atoms with Gasteiger partial charge in [-0.05, 0) is 49.3 Å². The molecule has 0 aromatic heterocycles. The lowest BCUT2D eigenvalue weighted by atomic mass is 10.0. The number of nitrogens with one attached hydrogen (secondary N) is 1. The molecule has 0 heterocycles. The molecule has 0 fully saturated rings. The van der Waals surface area contributed by atoms with Crippen molar-refractivity contribution in [1.82, 2.24) is 5.32 Å². The normalized spacial score (nSPS) is 15.4. The van der Waals surface area contributed by atoms with Crippen LogP contribution in [0.3, 0.4) is 0 Å². The Morgan fingerprint density at radius 3 is 2.88 bits per heavy atom. The summed E-state index contributed by atoms with van der Waals surface area (Å²) in [6, 6.07) is 6.77. The molecule has 1 atom stereocenters. The SMILES string of the molecule is CCC(C)NC(=O)Cc1ccc2c(c1)CCC2. The number of hydrogen-bond donors (Lipinski definition) is 1. The Labute approximate surface area is 103 Å². The molecule has 0 spiro atoms. The van der Waals surface area contributed by atoms with Crippen LogP contribution >= 0.6 is 0 Å². The lowest BCUT2D eigenvalue weighted by Gasteiger charge is -2.11. The maximum Gasteiger partial charge on any atom is 0.224 e. The van der Waals surface area contributed by atoms with Gasteiger partial charge in [0.05, 0.1) is 6.42 Å². The summed E-state index contributed by atoms with van der Waals surface area (Å²) in [7, 11) is 0. The van der Waals surface area contributed by atoms with Crippen LogP contribution in [-0.2, 0) is 24.1 Å². The summed E-state index contributed by atoms with van der Waals surface area (Å²) in [5.74, 6) is 0.136. The maximum atomic E-state index is 11.8. The Morgan fingerprint density at radius 2 is 2.12 bits per heavy atom. The fourth-order valence-electron chi connectivity index (χ4n) is 2.35. The van der Waals surface area contributed by atoms with Crippen LogP contribution in [0.25, 0.3) is 0 Å². The third-order valence-corrected chi connectivity index (χ3v) is 3.55. The Hall–Kier alpha value is -1.31. The molecule has 1 aliphatic carbocycles. The van der Waals surface area contributed by atoms with Gasteiger partial charge in [0.1, 0.15) is 0 Å². The van der Waals surface area contributed by atoms with Crippen LogP contribution in [0.15, 0.2) is 18.2 Å². The summed E-state index contributed by atoms with van der Waals surface area (Å²) in [5.41, 5.74) is 4.06. The average molecular weight is 231 g/mol. The van der Waals surface area contributed by atoms with E-state index >= 15 is 0 Å². The first kappa shape index (κ1) is 12.2. The molecule has 17 heavy (non-hydrogen) atoms. The monoisotopic (exact) mass is 231 g/mol. The van der Waals surface area contributed by atoms with E-state index in [1.807, 2.05) is 6.92 Å². The van der Waals surface area contributed by atoms with Gasteiger partial charge in [-0.2, -0.15) is 0 Å². The lowest BCUT2D eigenvalue weighted by Crippen LogP contribution is -2.33. The van der Waals surface area contributed by atoms with Crippen molar-refractivity contribution in [1.29, 1.82) is 0 Å². The van der Waals surface area contributed by atoms with Gasteiger partial charge in [0.2, 0.25) is 5.91 Å². The Morgan fingerprint density at radius 1 is 1.35 bits per heavy atom. The van der Waals surface area contributed by atoms with Crippen molar-refractivity contribution in [3.05, 3.63) is 34.9 Å². The molecular formula is C15H21NO. The van der Waals surface area contributed by atoms with Crippen LogP contribution in [0, 0.1) is 0 Å². The second kappa shape index (κ2) is 5.35. The number of rotatable bonds is 4. The number of fused-ring (bicyclic) bond motifs is 1. The molecule has 1 unspecified atom stereocenters. The smallest absolute Gasteiger partial charge is 0.224 e. The minimum absolute atomic E-state index is 0.136. The fraction of sp³-hybridized carbons (Fsp3) is 0.533. The average Bonchev–Trinajstić information content (AvgIpc) is 2.75. The first-order valence-electron chi connectivity index (χ1n) is 6.59. The minimum Gasteiger partial charge on any atom is -0.353 e. The van der Waals surface area contributed by atoms with Crippen LogP contribution in [0.5, 0.6) is 0 Å². The van der Waals surface area contributed by atoms with Gasteiger partial charge in [-0.1, -0.05) is 25.1 Å². The maximum absolute atomic E-state index is 11.8. The van der Waals surface area contributed by atoms with Gasteiger partial charge in [-0.25, -0.2) is 0 Å². The summed E-state index contributed by atoms with van der Waals surface area (Å²) < 4.78 is 0. The largest absolute Gasteiger partial charge is 0.353 e. The molecule has 0 bridgehead atoms. The highest BCUT2D eigenvalue weighted by molar-refractivity contribution is 5.78. The first-order valence-corrected chi connectivity index (χ1v) is 6.59. The van der Waals surface area contributed by atoms with E-state index in [0.717, 1.165) is 12.0 Å². The molecule has 1 amide bonds. The van der Waals surface area contributed by atoms with Gasteiger partial charge < -0.3 is 5.32 Å². The summed E-state index contributed by atoms with van der Waals surface area (Å²) in [6.07, 6.45) is 5.14. The molecule has 2 rings (SSSR count). The third-order valence-electron chi connectivity index (χ3n) is 3.55. The molecular weight excluding hydrogens is 210 g/mol. The molecule has 2 nitrogen and oxygen atoms in total. The molecule has 1 aliphatic rings. The molecule has 0 aliphatic heterocycles. The Kier molecular flexibility index (Phi) is 3.82. The van der Waals surface area contributed by atoms with Gasteiger partial charge in [-0.15, -0.1) is 0 Å². The summed E-state index contributed by atoms with van der Waals surface area (Å²) >= 11 is 0. The molecule has 0 saturated carbocycles. The van der Waals surface area contributed by atoms with Gasteiger partial charge in [0.25, 0.3) is 0 Å². The van der Waals surface area contributed by atoms with E-state index in [1.54, 1.807) is 0 Å². The molecule has 2 heteroatoms. The van der Waals surface area contributed by atoms with E-state index in [-0.39, 0.29) is 11.9 Å². The van der Waals surface area contributed by atoms with Crippen LogP contribution in [-0.4, -0.2) is 11.9 Å². The lowest BCUT2D eigenvalue weighted by molar-refractivity contribution is -0.121. The second-order valence-corrected chi connectivity index (χ2v) is 5.01. The minimum atomic E-state index is 0.136. The summed E-state index contributed by atoms with van der Waals surface area (Å²) in [6.45, 7) is 4.13. The van der Waals surface area contributed by atoms with Crippen molar-refractivity contribution >= 4 is 5.91 Å². The highest BCUT2D eigenvalue weighted by atomic mass is 16.1. The standard InChI is InChI=1S/C15H21NO/c1-3-11(2)16-15(17)10-12-7-8-13-5-4-6-14(13)9-12/h7-9,11H,3-6,10H2,1-2H3,(H,16,17). The van der Waals surface area contributed by atoms with Crippen LogP contribution in [0.4, 0.5) is 0 Å². The zero-order chi connectivity index (χ0) is 12.3. The van der Waals surface area contributed by atoms with Crippen molar-refractivity contribution in [2.45, 2.75) is 52.0 Å². The van der Waals surface area contributed by atoms with E-state index < -0.39 is 0 Å². The molecule has 1 N–H and O–H groups in total. The number of benzene rings is 1. The van der Waals surface area contributed by atoms with Gasteiger partial charge in [0.15, 0.2) is 0 Å². The van der Waals surface area contributed by atoms with Gasteiger partial charge in [-0.3, -0.25) is 4.79 Å². The predicted octanol–water partition coefficient (Wildman–Crippen LogP) is 2.63. The molecule has 1 aromatic carbocycles. The number of aryl methyl sites for hydroxylation is 2. The fourth-order valence-corrected chi connectivity index (χ4v) is 2.35. The first-order chi connectivity index (χ1) is 8.19. The third kappa shape index (κ3) is 3.09. The van der Waals surface area contributed by atoms with Crippen LogP contribution < -0.4 is 5.32 Å². The van der Waals surface area contributed by atoms with Crippen molar-refractivity contribution in [2.75, 3.05) is 0 Å². The Bertz CT molecular complexity index is 411. The van der Waals surface area contributed by atoms with E-state index in [4.69, 9.17) is 0 Å². The molecule has 1 aromatic rings. The second-order valence-electron chi connectivity index (χ2n) is 5.01. The number of carbonyl (C=O) groups is 1. The van der Waals surface area contributed by atoms with E-state index in [2.05, 4.69) is 30.4 Å². The van der Waals surface area contributed by atoms with E-state index in [9.17, 15) is 4.79 Å². The van der Waals surface area contributed by atoms with Crippen molar-refractivity contribution in [3.8, 4) is 0 Å². The van der Waals surface area contributed by atoms with Crippen LogP contribution in [0.1, 0.15) is 43.4 Å². The van der Waals surface area contributed by atoms with Gasteiger partial charge in [0, 0.05) is 6.04 Å². The van der Waals surface area contributed by atoms with Crippen molar-refractivity contribution in [3.63, 3.8) is 0 Å². The zero-order valence-corrected chi connectivity index (χ0v) is 10.8. The van der Waals surface area contributed by atoms with E-state index in [1.165, 1.54) is 30.4 Å². The molecule has 0 radical (unpaired) electrons. The zero-order valence-electron chi connectivity index (χ0n) is 10.8. The molecule has 0 saturated heterocycles. The highest BCUT2D eigenvalue weighted by Gasteiger charge is 2.12. The predicted molar refractivity (Wildman–Crippen MR) is 70.1 cm³/mol. The van der Waals surface area contributed by atoms with Crippen LogP contribution in [0.2, 0.25) is 0 Å². The Balaban J connectivity index is 1.97. The van der Waals surface area contributed by atoms with E-state index in [0.29, 0.717) is 6.42 Å². The highest BCUT2D eigenvalue weighted by Crippen LogP contribution is 2.22. The number of hydrogen-bond acceptors (Lipinski definition) is 1. The topological polar surface area (TPSA) is 29.1 Å². The van der Waals surface area contributed by atoms with Gasteiger partial charge >= 0.3 is 0 Å². The summed E-state index contributed by atoms with van der Waals surface area (Å²) in [5, 5.41) is 3.01. The number of carbonyl (C=O) groups excluding carboxylic acids is 1. The molecule has 92 valence electrons. The van der Waals surface area contributed by atoms with Crippen molar-refractivity contribution in [2.24, 2.45) is 0 Å². The quantitative estimate of drug-likeness (QED) is 0.848. The van der Waals surface area contributed by atoms with Crippen molar-refractivity contribution < 1.29 is 4.79 Å². The number of amides is 1. The summed E-state index contributed by atoms with van der Waals surface area (Å²) in [4.78, 5) is 11.8.